The zero-order valence-corrected chi connectivity index (χ0v) is 57.3. The number of carbonyl (C=O) groups is 4. The quantitative estimate of drug-likeness (QED) is 0.0169. The number of carbonyl (C=O) groups excluding carboxylic acids is 4. The van der Waals surface area contributed by atoms with Crippen LogP contribution in [0.1, 0.15) is 329 Å². The van der Waals surface area contributed by atoms with E-state index in [1.807, 2.05) is 0 Å². The summed E-state index contributed by atoms with van der Waals surface area (Å²) in [6.07, 6.45) is 52.1. The second-order valence-corrected chi connectivity index (χ2v) is 26.8. The summed E-state index contributed by atoms with van der Waals surface area (Å²) in [5, 5.41) is 10.6. The third-order valence-electron chi connectivity index (χ3n) is 15.2. The summed E-state index contributed by atoms with van der Waals surface area (Å²) in [6.45, 7) is 4.82. The standard InChI is InChI=1S/C68H128O17P2/c1-5-9-13-17-21-24-27-30-31-33-36-39-43-47-51-55-68(73)85-64(59-79-66(71)53-49-45-41-37-35-32-28-25-22-18-14-10-6-2)61-83-87(76,77)81-57-62(69)56-80-86(74,75)82-60-63(58-78-65(70)52-48-44-40-20-16-12-8-4)84-67(72)54-50-46-42-38-34-29-26-23-19-15-11-7-3/h24,27,30-31,62-64,69H,5-23,25-26,28-29,32-61H2,1-4H3,(H,74,75)(H,76,77)/b27-24-,31-30-/t62-,63+,64+/m0/s1. The molecule has 512 valence electrons. The second-order valence-electron chi connectivity index (χ2n) is 23.9. The van der Waals surface area contributed by atoms with Gasteiger partial charge >= 0.3 is 39.5 Å². The third kappa shape index (κ3) is 62.1. The van der Waals surface area contributed by atoms with Gasteiger partial charge in [0.05, 0.1) is 26.4 Å². The lowest BCUT2D eigenvalue weighted by Gasteiger charge is -2.21. The Morgan fingerprint density at radius 2 is 0.552 bits per heavy atom. The van der Waals surface area contributed by atoms with Gasteiger partial charge < -0.3 is 33.8 Å². The summed E-state index contributed by atoms with van der Waals surface area (Å²) in [4.78, 5) is 72.3. The molecule has 0 amide bonds. The maximum absolute atomic E-state index is 13.0. The number of ether oxygens (including phenoxy) is 4. The lowest BCUT2D eigenvalue weighted by Crippen LogP contribution is -2.30. The van der Waals surface area contributed by atoms with Gasteiger partial charge in [0.25, 0.3) is 0 Å². The van der Waals surface area contributed by atoms with Crippen LogP contribution in [0.2, 0.25) is 0 Å². The maximum Gasteiger partial charge on any atom is 0.472 e. The van der Waals surface area contributed by atoms with Crippen molar-refractivity contribution in [1.82, 2.24) is 0 Å². The van der Waals surface area contributed by atoms with Crippen LogP contribution in [0.3, 0.4) is 0 Å². The van der Waals surface area contributed by atoms with E-state index in [-0.39, 0.29) is 25.7 Å². The Kier molecular flexibility index (Phi) is 60.6. The molecular weight excluding hydrogens is 1150 g/mol. The van der Waals surface area contributed by atoms with Gasteiger partial charge in [0.15, 0.2) is 12.2 Å². The molecule has 5 atom stereocenters. The molecule has 17 nitrogen and oxygen atoms in total. The molecule has 0 rings (SSSR count). The SMILES string of the molecule is CCCCCC/C=C\C=C/CCCCCCCC(=O)O[C@H](COC(=O)CCCCCCCCCCCCCCC)COP(=O)(O)OC[C@@H](O)COP(=O)(O)OC[C@@H](COC(=O)CCCCCCCCC)OC(=O)CCCCCCCCCCCCCC. The topological polar surface area (TPSA) is 237 Å². The second kappa shape index (κ2) is 62.4. The normalized spacial score (nSPS) is 14.2. The van der Waals surface area contributed by atoms with Gasteiger partial charge in [-0.1, -0.05) is 277 Å². The van der Waals surface area contributed by atoms with E-state index in [0.717, 1.165) is 116 Å². The molecule has 0 bridgehead atoms. The van der Waals surface area contributed by atoms with Crippen LogP contribution in [0.25, 0.3) is 0 Å². The Hall–Kier alpha value is -2.46. The molecule has 0 saturated carbocycles. The number of allylic oxidation sites excluding steroid dienone is 4. The van der Waals surface area contributed by atoms with Crippen LogP contribution in [0, 0.1) is 0 Å². The average Bonchev–Trinajstić information content (AvgIpc) is 3.52. The molecule has 0 aromatic heterocycles. The fourth-order valence-corrected chi connectivity index (χ4v) is 11.4. The van der Waals surface area contributed by atoms with Gasteiger partial charge in [-0.05, 0) is 51.4 Å². The first-order valence-electron chi connectivity index (χ1n) is 35.1. The number of hydrogen-bond acceptors (Lipinski definition) is 15. The highest BCUT2D eigenvalue weighted by Gasteiger charge is 2.30. The number of phosphoric ester groups is 2. The van der Waals surface area contributed by atoms with E-state index in [1.165, 1.54) is 135 Å². The van der Waals surface area contributed by atoms with Crippen LogP contribution < -0.4 is 0 Å². The molecule has 0 aliphatic carbocycles. The molecule has 2 unspecified atom stereocenters. The smallest absolute Gasteiger partial charge is 0.462 e. The minimum Gasteiger partial charge on any atom is -0.462 e. The highest BCUT2D eigenvalue weighted by atomic mass is 31.2. The number of unbranched alkanes of at least 4 members (excludes halogenated alkanes) is 38. The Labute approximate surface area is 529 Å². The number of rotatable bonds is 67. The largest absolute Gasteiger partial charge is 0.472 e. The molecule has 0 spiro atoms. The van der Waals surface area contributed by atoms with Crippen LogP contribution in [0.4, 0.5) is 0 Å². The van der Waals surface area contributed by atoms with E-state index < -0.39 is 97.5 Å². The monoisotopic (exact) mass is 1280 g/mol. The predicted molar refractivity (Wildman–Crippen MR) is 349 cm³/mol. The van der Waals surface area contributed by atoms with Crippen molar-refractivity contribution in [2.24, 2.45) is 0 Å². The summed E-state index contributed by atoms with van der Waals surface area (Å²) in [6, 6.07) is 0. The summed E-state index contributed by atoms with van der Waals surface area (Å²) in [5.41, 5.74) is 0. The molecule has 0 aromatic rings. The number of aliphatic hydroxyl groups is 1. The van der Waals surface area contributed by atoms with Gasteiger partial charge in [0, 0.05) is 25.7 Å². The van der Waals surface area contributed by atoms with E-state index in [0.29, 0.717) is 25.7 Å². The van der Waals surface area contributed by atoms with Crippen molar-refractivity contribution in [1.29, 1.82) is 0 Å². The van der Waals surface area contributed by atoms with Gasteiger partial charge in [-0.3, -0.25) is 37.3 Å². The lowest BCUT2D eigenvalue weighted by atomic mass is 10.0. The van der Waals surface area contributed by atoms with Crippen LogP contribution in [-0.4, -0.2) is 96.7 Å². The van der Waals surface area contributed by atoms with Crippen LogP contribution in [0.5, 0.6) is 0 Å². The molecule has 3 N–H and O–H groups in total. The van der Waals surface area contributed by atoms with Crippen LogP contribution in [-0.2, 0) is 65.4 Å². The average molecular weight is 1280 g/mol. The zero-order chi connectivity index (χ0) is 64.0. The molecule has 0 aromatic carbocycles. The van der Waals surface area contributed by atoms with E-state index >= 15 is 0 Å². The van der Waals surface area contributed by atoms with Gasteiger partial charge in [-0.15, -0.1) is 0 Å². The Balaban J connectivity index is 5.25. The maximum atomic E-state index is 13.0. The molecule has 0 aliphatic rings. The van der Waals surface area contributed by atoms with Crippen molar-refractivity contribution in [2.75, 3.05) is 39.6 Å². The first-order valence-corrected chi connectivity index (χ1v) is 38.1. The van der Waals surface area contributed by atoms with Crippen molar-refractivity contribution in [3.63, 3.8) is 0 Å². The predicted octanol–water partition coefficient (Wildman–Crippen LogP) is 19.1. The lowest BCUT2D eigenvalue weighted by molar-refractivity contribution is -0.161. The van der Waals surface area contributed by atoms with E-state index in [4.69, 9.17) is 37.0 Å². The van der Waals surface area contributed by atoms with Gasteiger partial charge in [0.1, 0.15) is 19.3 Å². The number of hydrogen-bond donors (Lipinski definition) is 3. The van der Waals surface area contributed by atoms with Crippen molar-refractivity contribution in [3.05, 3.63) is 24.3 Å². The molecule has 0 aliphatic heterocycles. The summed E-state index contributed by atoms with van der Waals surface area (Å²) >= 11 is 0. The van der Waals surface area contributed by atoms with Crippen molar-refractivity contribution in [3.8, 4) is 0 Å². The van der Waals surface area contributed by atoms with Gasteiger partial charge in [0.2, 0.25) is 0 Å². The Morgan fingerprint density at radius 1 is 0.322 bits per heavy atom. The molecule has 0 heterocycles. The summed E-state index contributed by atoms with van der Waals surface area (Å²) < 4.78 is 68.1. The molecule has 0 saturated heterocycles. The molecule has 0 radical (unpaired) electrons. The third-order valence-corrected chi connectivity index (χ3v) is 17.1. The van der Waals surface area contributed by atoms with Gasteiger partial charge in [-0.25, -0.2) is 9.13 Å². The van der Waals surface area contributed by atoms with Crippen molar-refractivity contribution in [2.45, 2.75) is 348 Å². The number of phosphoric acid groups is 2. The Bertz CT molecular complexity index is 1760. The zero-order valence-electron chi connectivity index (χ0n) is 55.5. The van der Waals surface area contributed by atoms with Crippen LogP contribution >= 0.6 is 15.6 Å². The molecule has 87 heavy (non-hydrogen) atoms. The van der Waals surface area contributed by atoms with Crippen LogP contribution in [0.15, 0.2) is 24.3 Å². The van der Waals surface area contributed by atoms with Crippen molar-refractivity contribution < 1.29 is 80.2 Å². The van der Waals surface area contributed by atoms with E-state index in [1.54, 1.807) is 0 Å². The van der Waals surface area contributed by atoms with E-state index in [9.17, 15) is 43.2 Å². The summed E-state index contributed by atoms with van der Waals surface area (Å²) in [7, 11) is -9.90. The van der Waals surface area contributed by atoms with E-state index in [2.05, 4.69) is 52.0 Å². The first-order chi connectivity index (χ1) is 42.2. The minimum atomic E-state index is -4.96. The highest BCUT2D eigenvalue weighted by Crippen LogP contribution is 2.45. The highest BCUT2D eigenvalue weighted by molar-refractivity contribution is 7.47. The Morgan fingerprint density at radius 3 is 0.839 bits per heavy atom. The summed E-state index contributed by atoms with van der Waals surface area (Å²) in [5.74, 6) is -2.16. The fourth-order valence-electron chi connectivity index (χ4n) is 9.80. The van der Waals surface area contributed by atoms with Crippen molar-refractivity contribution >= 4 is 39.5 Å². The molecular formula is C68H128O17P2. The number of aliphatic hydroxyl groups excluding tert-OH is 1. The van der Waals surface area contributed by atoms with Gasteiger partial charge in [-0.2, -0.15) is 0 Å². The molecule has 0 fully saturated rings. The number of esters is 4. The molecule has 19 heteroatoms. The minimum absolute atomic E-state index is 0.0857. The fraction of sp³-hybridized carbons (Fsp3) is 0.882. The first kappa shape index (κ1) is 84.5.